The van der Waals surface area contributed by atoms with Crippen LogP contribution in [0, 0.1) is 24.2 Å². The fourth-order valence-electron chi connectivity index (χ4n) is 2.66. The van der Waals surface area contributed by atoms with Crippen molar-refractivity contribution in [3.8, 4) is 11.8 Å². The van der Waals surface area contributed by atoms with Crippen molar-refractivity contribution in [3.05, 3.63) is 59.9 Å². The number of aryl methyl sites for hydroxylation is 1. The van der Waals surface area contributed by atoms with Crippen LogP contribution in [-0.2, 0) is 4.79 Å². The van der Waals surface area contributed by atoms with Crippen LogP contribution >= 0.6 is 0 Å². The summed E-state index contributed by atoms with van der Waals surface area (Å²) >= 11 is 0. The van der Waals surface area contributed by atoms with Crippen LogP contribution in [-0.4, -0.2) is 18.8 Å². The van der Waals surface area contributed by atoms with Crippen LogP contribution in [0.5, 0.6) is 5.75 Å². The summed E-state index contributed by atoms with van der Waals surface area (Å²) in [7, 11) is 1.51. The molecule has 1 atom stereocenters. The van der Waals surface area contributed by atoms with Crippen molar-refractivity contribution in [1.29, 1.82) is 5.26 Å². The first kappa shape index (κ1) is 17.2. The number of nitriles is 1. The molecule has 1 heterocycles. The lowest BCUT2D eigenvalue weighted by Crippen LogP contribution is -2.28. The molecule has 2 aromatic carbocycles. The van der Waals surface area contributed by atoms with Crippen LogP contribution in [0.15, 0.2) is 53.1 Å². The zero-order valence-electron chi connectivity index (χ0n) is 14.3. The quantitative estimate of drug-likeness (QED) is 0.560. The molecule has 0 saturated carbocycles. The van der Waals surface area contributed by atoms with Gasteiger partial charge in [0.05, 0.1) is 18.7 Å². The molecule has 26 heavy (non-hydrogen) atoms. The molecule has 6 heteroatoms. The van der Waals surface area contributed by atoms with E-state index in [1.54, 1.807) is 42.5 Å². The summed E-state index contributed by atoms with van der Waals surface area (Å²) in [5.74, 6) is -2.24. The van der Waals surface area contributed by atoms with Gasteiger partial charge in [0.2, 0.25) is 5.91 Å². The van der Waals surface area contributed by atoms with Crippen molar-refractivity contribution < 1.29 is 18.7 Å². The number of ether oxygens (including phenoxy) is 1. The molecular formula is C20H16N2O4. The number of rotatable bonds is 5. The van der Waals surface area contributed by atoms with E-state index in [0.717, 1.165) is 5.56 Å². The summed E-state index contributed by atoms with van der Waals surface area (Å²) in [6.45, 7) is 1.88. The molecule has 1 amide bonds. The summed E-state index contributed by atoms with van der Waals surface area (Å²) in [6, 6.07) is 13.9. The van der Waals surface area contributed by atoms with Gasteiger partial charge in [-0.3, -0.25) is 9.59 Å². The van der Waals surface area contributed by atoms with Crippen molar-refractivity contribution in [2.24, 2.45) is 5.92 Å². The highest BCUT2D eigenvalue weighted by Gasteiger charge is 2.30. The molecule has 1 N–H and O–H groups in total. The minimum atomic E-state index is -1.48. The maximum atomic E-state index is 12.8. The second kappa shape index (κ2) is 7.11. The summed E-state index contributed by atoms with van der Waals surface area (Å²) in [5, 5.41) is 12.5. The van der Waals surface area contributed by atoms with E-state index in [1.807, 2.05) is 13.0 Å². The fraction of sp³-hybridized carbons (Fsp3) is 0.150. The summed E-state index contributed by atoms with van der Waals surface area (Å²) in [4.78, 5) is 25.2. The maximum Gasteiger partial charge on any atom is 0.249 e. The Labute approximate surface area is 150 Å². The Morgan fingerprint density at radius 2 is 2.04 bits per heavy atom. The first-order chi connectivity index (χ1) is 12.5. The monoisotopic (exact) mass is 348 g/mol. The number of Topliss-reactive ketones (excluding diaryl/α,β-unsaturated/α-hetero) is 1. The standard InChI is InChI=1S/C20H16N2O4/c1-12-4-3-5-13(8-12)22-20(24)16(10-21)19(23)17-11-26-18-7-6-14(25-2)9-15(17)18/h3-9,11,16H,1-2H3,(H,22,24)/t16-/m1/s1. The van der Waals surface area contributed by atoms with E-state index in [0.29, 0.717) is 22.4 Å². The number of hydrogen-bond acceptors (Lipinski definition) is 5. The molecule has 0 radical (unpaired) electrons. The molecule has 0 bridgehead atoms. The zero-order chi connectivity index (χ0) is 18.7. The Balaban J connectivity index is 1.89. The van der Waals surface area contributed by atoms with E-state index in [-0.39, 0.29) is 5.56 Å². The maximum absolute atomic E-state index is 12.8. The Bertz CT molecular complexity index is 1030. The van der Waals surface area contributed by atoms with Crippen molar-refractivity contribution in [2.75, 3.05) is 12.4 Å². The highest BCUT2D eigenvalue weighted by Crippen LogP contribution is 2.28. The van der Waals surface area contributed by atoms with Gasteiger partial charge in [0.1, 0.15) is 17.6 Å². The molecule has 0 spiro atoms. The lowest BCUT2D eigenvalue weighted by atomic mass is 9.97. The average molecular weight is 348 g/mol. The van der Waals surface area contributed by atoms with Gasteiger partial charge >= 0.3 is 0 Å². The van der Waals surface area contributed by atoms with Crippen LogP contribution in [0.2, 0.25) is 0 Å². The number of nitrogens with zero attached hydrogens (tertiary/aromatic N) is 1. The lowest BCUT2D eigenvalue weighted by Gasteiger charge is -2.09. The smallest absolute Gasteiger partial charge is 0.249 e. The number of furan rings is 1. The predicted octanol–water partition coefficient (Wildman–Crippen LogP) is 3.71. The van der Waals surface area contributed by atoms with Gasteiger partial charge in [0.25, 0.3) is 0 Å². The Kier molecular flexibility index (Phi) is 4.72. The number of amides is 1. The van der Waals surface area contributed by atoms with Crippen molar-refractivity contribution in [3.63, 3.8) is 0 Å². The van der Waals surface area contributed by atoms with Gasteiger partial charge in [-0.25, -0.2) is 0 Å². The predicted molar refractivity (Wildman–Crippen MR) is 96.0 cm³/mol. The molecule has 130 valence electrons. The molecule has 0 unspecified atom stereocenters. The van der Waals surface area contributed by atoms with Gasteiger partial charge in [-0.2, -0.15) is 5.26 Å². The number of ketones is 1. The molecule has 0 fully saturated rings. The summed E-state index contributed by atoms with van der Waals surface area (Å²) in [6.07, 6.45) is 1.26. The number of nitrogens with one attached hydrogen (secondary N) is 1. The van der Waals surface area contributed by atoms with Gasteiger partial charge in [0.15, 0.2) is 11.7 Å². The second-order valence-electron chi connectivity index (χ2n) is 5.80. The number of hydrogen-bond donors (Lipinski definition) is 1. The van der Waals surface area contributed by atoms with E-state index in [9.17, 15) is 14.9 Å². The van der Waals surface area contributed by atoms with Gasteiger partial charge in [-0.05, 0) is 42.8 Å². The third-order valence-electron chi connectivity index (χ3n) is 3.99. The number of methoxy groups -OCH3 is 1. The van der Waals surface area contributed by atoms with Crippen LogP contribution < -0.4 is 10.1 Å². The molecule has 3 rings (SSSR count). The molecule has 0 aliphatic rings. The van der Waals surface area contributed by atoms with Gasteiger partial charge < -0.3 is 14.5 Å². The minimum Gasteiger partial charge on any atom is -0.497 e. The molecule has 6 nitrogen and oxygen atoms in total. The first-order valence-corrected chi connectivity index (χ1v) is 7.90. The Morgan fingerprint density at radius 3 is 2.73 bits per heavy atom. The third kappa shape index (κ3) is 3.28. The molecule has 0 aliphatic carbocycles. The van der Waals surface area contributed by atoms with E-state index in [1.165, 1.54) is 13.4 Å². The number of fused-ring (bicyclic) bond motifs is 1. The summed E-state index contributed by atoms with van der Waals surface area (Å²) < 4.78 is 10.5. The molecular weight excluding hydrogens is 332 g/mol. The fourth-order valence-corrected chi connectivity index (χ4v) is 2.66. The number of carbonyl (C=O) groups is 2. The van der Waals surface area contributed by atoms with Crippen LogP contribution in [0.4, 0.5) is 5.69 Å². The van der Waals surface area contributed by atoms with Crippen LogP contribution in [0.3, 0.4) is 0 Å². The Hall–Kier alpha value is -3.59. The average Bonchev–Trinajstić information content (AvgIpc) is 3.05. The lowest BCUT2D eigenvalue weighted by molar-refractivity contribution is -0.117. The molecule has 0 aliphatic heterocycles. The van der Waals surface area contributed by atoms with Crippen molar-refractivity contribution >= 4 is 28.3 Å². The van der Waals surface area contributed by atoms with Crippen molar-refractivity contribution in [1.82, 2.24) is 0 Å². The number of carbonyl (C=O) groups excluding carboxylic acids is 2. The van der Waals surface area contributed by atoms with Gasteiger partial charge in [-0.15, -0.1) is 0 Å². The zero-order valence-corrected chi connectivity index (χ0v) is 14.3. The molecule has 3 aromatic rings. The van der Waals surface area contributed by atoms with E-state index < -0.39 is 17.6 Å². The Morgan fingerprint density at radius 1 is 1.23 bits per heavy atom. The van der Waals surface area contributed by atoms with E-state index in [2.05, 4.69) is 5.32 Å². The highest BCUT2D eigenvalue weighted by molar-refractivity contribution is 6.19. The molecule has 1 aromatic heterocycles. The summed E-state index contributed by atoms with van der Waals surface area (Å²) in [5.41, 5.74) is 2.13. The van der Waals surface area contributed by atoms with Gasteiger partial charge in [-0.1, -0.05) is 12.1 Å². The highest BCUT2D eigenvalue weighted by atomic mass is 16.5. The van der Waals surface area contributed by atoms with Crippen LogP contribution in [0.1, 0.15) is 15.9 Å². The first-order valence-electron chi connectivity index (χ1n) is 7.90. The van der Waals surface area contributed by atoms with E-state index >= 15 is 0 Å². The van der Waals surface area contributed by atoms with Gasteiger partial charge in [0, 0.05) is 11.1 Å². The largest absolute Gasteiger partial charge is 0.497 e. The number of benzene rings is 2. The third-order valence-corrected chi connectivity index (χ3v) is 3.99. The van der Waals surface area contributed by atoms with Crippen molar-refractivity contribution in [2.45, 2.75) is 6.92 Å². The topological polar surface area (TPSA) is 92.3 Å². The molecule has 0 saturated heterocycles. The second-order valence-corrected chi connectivity index (χ2v) is 5.80. The van der Waals surface area contributed by atoms with E-state index in [4.69, 9.17) is 9.15 Å². The SMILES string of the molecule is COc1ccc2occ(C(=O)[C@@H](C#N)C(=O)Nc3cccc(C)c3)c2c1. The number of anilines is 1. The minimum absolute atomic E-state index is 0.171. The normalized spacial score (nSPS) is 11.6. The van der Waals surface area contributed by atoms with Crippen LogP contribution in [0.25, 0.3) is 11.0 Å².